The van der Waals surface area contributed by atoms with E-state index < -0.39 is 9.84 Å². The number of methoxy groups -OCH3 is 1. The van der Waals surface area contributed by atoms with E-state index in [0.717, 1.165) is 24.3 Å². The van der Waals surface area contributed by atoms with E-state index >= 15 is 0 Å². The summed E-state index contributed by atoms with van der Waals surface area (Å²) in [6.07, 6.45) is 1.94. The van der Waals surface area contributed by atoms with Gasteiger partial charge in [-0.2, -0.15) is 0 Å². The van der Waals surface area contributed by atoms with E-state index in [9.17, 15) is 8.42 Å². The van der Waals surface area contributed by atoms with Gasteiger partial charge in [-0.15, -0.1) is 0 Å². The van der Waals surface area contributed by atoms with Gasteiger partial charge in [-0.05, 0) is 43.8 Å². The summed E-state index contributed by atoms with van der Waals surface area (Å²) >= 11 is 0. The maximum atomic E-state index is 11.4. The Morgan fingerprint density at radius 3 is 2.56 bits per heavy atom. The lowest BCUT2D eigenvalue weighted by atomic mass is 10.1. The molecule has 5 heteroatoms. The summed E-state index contributed by atoms with van der Waals surface area (Å²) in [6, 6.07) is 4.93. The summed E-state index contributed by atoms with van der Waals surface area (Å²) in [4.78, 5) is 0.333. The molecule has 0 unspecified atom stereocenters. The third-order valence-electron chi connectivity index (χ3n) is 2.32. The molecule has 0 spiro atoms. The summed E-state index contributed by atoms with van der Waals surface area (Å²) in [7, 11) is 0.284. The van der Waals surface area contributed by atoms with Crippen molar-refractivity contribution in [3.63, 3.8) is 0 Å². The van der Waals surface area contributed by atoms with Crippen LogP contribution in [0.1, 0.15) is 5.56 Å². The largest absolute Gasteiger partial charge is 0.496 e. The van der Waals surface area contributed by atoms with E-state index in [2.05, 4.69) is 5.32 Å². The maximum absolute atomic E-state index is 11.4. The van der Waals surface area contributed by atoms with Gasteiger partial charge in [0.1, 0.15) is 5.75 Å². The van der Waals surface area contributed by atoms with Crippen LogP contribution >= 0.6 is 0 Å². The maximum Gasteiger partial charge on any atom is 0.175 e. The fourth-order valence-electron chi connectivity index (χ4n) is 1.44. The van der Waals surface area contributed by atoms with Gasteiger partial charge in [0.05, 0.1) is 12.0 Å². The van der Waals surface area contributed by atoms with Crippen molar-refractivity contribution in [3.8, 4) is 5.75 Å². The number of rotatable bonds is 5. The normalized spacial score (nSPS) is 11.4. The second kappa shape index (κ2) is 5.32. The molecule has 0 aliphatic heterocycles. The van der Waals surface area contributed by atoms with Crippen LogP contribution in [0.3, 0.4) is 0 Å². The Bertz CT molecular complexity index is 454. The van der Waals surface area contributed by atoms with E-state index in [-0.39, 0.29) is 0 Å². The molecule has 0 saturated carbocycles. The van der Waals surface area contributed by atoms with Gasteiger partial charge < -0.3 is 10.1 Å². The smallest absolute Gasteiger partial charge is 0.175 e. The summed E-state index contributed by atoms with van der Waals surface area (Å²) in [5.41, 5.74) is 0.903. The highest BCUT2D eigenvalue weighted by molar-refractivity contribution is 7.90. The fourth-order valence-corrected chi connectivity index (χ4v) is 2.11. The Balaban J connectivity index is 3.11. The van der Waals surface area contributed by atoms with Gasteiger partial charge in [0, 0.05) is 6.26 Å². The summed E-state index contributed by atoms with van der Waals surface area (Å²) in [5, 5.41) is 3.02. The van der Waals surface area contributed by atoms with Crippen LogP contribution in [0.5, 0.6) is 5.75 Å². The Morgan fingerprint density at radius 1 is 1.38 bits per heavy atom. The first kappa shape index (κ1) is 13.0. The molecule has 1 aromatic carbocycles. The molecule has 0 amide bonds. The molecular formula is C11H17NO3S. The van der Waals surface area contributed by atoms with E-state index in [1.807, 2.05) is 7.05 Å². The first-order valence-electron chi connectivity index (χ1n) is 5.00. The SMILES string of the molecule is CNCCc1cc(S(C)(=O)=O)ccc1OC. The predicted octanol–water partition coefficient (Wildman–Crippen LogP) is 0.861. The molecule has 1 N–H and O–H groups in total. The van der Waals surface area contributed by atoms with E-state index in [1.165, 1.54) is 6.26 Å². The van der Waals surface area contributed by atoms with E-state index in [1.54, 1.807) is 25.3 Å². The average molecular weight is 243 g/mol. The van der Waals surface area contributed by atoms with Gasteiger partial charge in [-0.1, -0.05) is 0 Å². The minimum atomic E-state index is -3.15. The van der Waals surface area contributed by atoms with Crippen LogP contribution in [0.25, 0.3) is 0 Å². The van der Waals surface area contributed by atoms with Crippen LogP contribution < -0.4 is 10.1 Å². The minimum Gasteiger partial charge on any atom is -0.496 e. The highest BCUT2D eigenvalue weighted by atomic mass is 32.2. The zero-order chi connectivity index (χ0) is 12.2. The first-order valence-corrected chi connectivity index (χ1v) is 6.89. The van der Waals surface area contributed by atoms with Crippen molar-refractivity contribution < 1.29 is 13.2 Å². The van der Waals surface area contributed by atoms with Gasteiger partial charge in [0.25, 0.3) is 0 Å². The third-order valence-corrected chi connectivity index (χ3v) is 3.43. The quantitative estimate of drug-likeness (QED) is 0.833. The Morgan fingerprint density at radius 2 is 2.06 bits per heavy atom. The summed E-state index contributed by atoms with van der Waals surface area (Å²) in [6.45, 7) is 0.781. The standard InChI is InChI=1S/C11H17NO3S/c1-12-7-6-9-8-10(16(3,13)14)4-5-11(9)15-2/h4-5,8,12H,6-7H2,1-3H3. The van der Waals surface area contributed by atoms with E-state index in [0.29, 0.717) is 4.90 Å². The number of likely N-dealkylation sites (N-methyl/N-ethyl adjacent to an activating group) is 1. The van der Waals surface area contributed by atoms with Crippen LogP contribution in [0.15, 0.2) is 23.1 Å². The molecule has 0 saturated heterocycles. The molecule has 16 heavy (non-hydrogen) atoms. The van der Waals surface area contributed by atoms with Gasteiger partial charge in [0.15, 0.2) is 9.84 Å². The third kappa shape index (κ3) is 3.21. The first-order chi connectivity index (χ1) is 7.49. The van der Waals surface area contributed by atoms with Crippen LogP contribution in [0.4, 0.5) is 0 Å². The monoisotopic (exact) mass is 243 g/mol. The molecular weight excluding hydrogens is 226 g/mol. The van der Waals surface area contributed by atoms with Crippen LogP contribution in [0, 0.1) is 0 Å². The minimum absolute atomic E-state index is 0.333. The second-order valence-electron chi connectivity index (χ2n) is 3.60. The van der Waals surface area contributed by atoms with Crippen molar-refractivity contribution in [1.29, 1.82) is 0 Å². The molecule has 0 aliphatic carbocycles. The van der Waals surface area contributed by atoms with Crippen molar-refractivity contribution in [1.82, 2.24) is 5.32 Å². The number of hydrogen-bond acceptors (Lipinski definition) is 4. The Labute approximate surface area is 96.5 Å². The molecule has 0 fully saturated rings. The van der Waals surface area contributed by atoms with Crippen molar-refractivity contribution >= 4 is 9.84 Å². The van der Waals surface area contributed by atoms with Gasteiger partial charge in [-0.3, -0.25) is 0 Å². The van der Waals surface area contributed by atoms with E-state index in [4.69, 9.17) is 4.74 Å². The molecule has 0 heterocycles. The number of ether oxygens (including phenoxy) is 1. The van der Waals surface area contributed by atoms with Crippen molar-refractivity contribution in [2.45, 2.75) is 11.3 Å². The molecule has 0 aromatic heterocycles. The Kier molecular flexibility index (Phi) is 4.32. The molecule has 1 rings (SSSR count). The van der Waals surface area contributed by atoms with Crippen molar-refractivity contribution in [2.75, 3.05) is 27.0 Å². The van der Waals surface area contributed by atoms with Crippen molar-refractivity contribution in [3.05, 3.63) is 23.8 Å². The van der Waals surface area contributed by atoms with Crippen LogP contribution in [-0.4, -0.2) is 35.4 Å². The number of benzene rings is 1. The molecule has 1 aromatic rings. The fraction of sp³-hybridized carbons (Fsp3) is 0.455. The summed E-state index contributed by atoms with van der Waals surface area (Å²) in [5.74, 6) is 0.725. The zero-order valence-corrected chi connectivity index (χ0v) is 10.6. The van der Waals surface area contributed by atoms with Gasteiger partial charge >= 0.3 is 0 Å². The molecule has 0 aliphatic rings. The molecule has 4 nitrogen and oxygen atoms in total. The van der Waals surface area contributed by atoms with Gasteiger partial charge in [0.2, 0.25) is 0 Å². The highest BCUT2D eigenvalue weighted by Crippen LogP contribution is 2.22. The zero-order valence-electron chi connectivity index (χ0n) is 9.78. The lowest BCUT2D eigenvalue weighted by Gasteiger charge is -2.09. The molecule has 0 radical (unpaired) electrons. The number of sulfone groups is 1. The molecule has 90 valence electrons. The Hall–Kier alpha value is -1.07. The second-order valence-corrected chi connectivity index (χ2v) is 5.62. The molecule has 0 bridgehead atoms. The summed E-state index contributed by atoms with van der Waals surface area (Å²) < 4.78 is 28.0. The average Bonchev–Trinajstić information content (AvgIpc) is 2.24. The molecule has 0 atom stereocenters. The lowest BCUT2D eigenvalue weighted by molar-refractivity contribution is 0.409. The van der Waals surface area contributed by atoms with Crippen molar-refractivity contribution in [2.24, 2.45) is 0 Å². The van der Waals surface area contributed by atoms with Crippen LogP contribution in [-0.2, 0) is 16.3 Å². The predicted molar refractivity (Wildman–Crippen MR) is 63.7 cm³/mol. The topological polar surface area (TPSA) is 55.4 Å². The number of hydrogen-bond donors (Lipinski definition) is 1. The lowest BCUT2D eigenvalue weighted by Crippen LogP contribution is -2.11. The number of nitrogens with one attached hydrogen (secondary N) is 1. The highest BCUT2D eigenvalue weighted by Gasteiger charge is 2.10. The van der Waals surface area contributed by atoms with Crippen LogP contribution in [0.2, 0.25) is 0 Å². The van der Waals surface area contributed by atoms with Gasteiger partial charge in [-0.25, -0.2) is 8.42 Å².